The van der Waals surface area contributed by atoms with Crippen LogP contribution in [-0.2, 0) is 14.4 Å². The van der Waals surface area contributed by atoms with E-state index in [1.165, 1.54) is 0 Å². The highest BCUT2D eigenvalue weighted by Gasteiger charge is 2.15. The Morgan fingerprint density at radius 3 is 2.20 bits per heavy atom. The van der Waals surface area contributed by atoms with E-state index in [0.29, 0.717) is 0 Å². The van der Waals surface area contributed by atoms with Crippen LogP contribution in [0.25, 0.3) is 0 Å². The van der Waals surface area contributed by atoms with Crippen molar-refractivity contribution in [2.45, 2.75) is 12.1 Å². The van der Waals surface area contributed by atoms with Crippen LogP contribution in [0.1, 0.15) is 0 Å². The highest BCUT2D eigenvalue weighted by molar-refractivity contribution is 4.66. The molecule has 0 heterocycles. The van der Waals surface area contributed by atoms with E-state index >= 15 is 0 Å². The molecule has 0 aliphatic carbocycles. The number of rotatable bonds is 10. The number of ether oxygens (including phenoxy) is 1. The summed E-state index contributed by atoms with van der Waals surface area (Å²) in [7, 11) is 0. The third-order valence-electron chi connectivity index (χ3n) is 1.52. The molecule has 9 nitrogen and oxygen atoms in total. The molecule has 0 aromatic carbocycles. The molecule has 0 rings (SSSR count). The monoisotopic (exact) mass is 222 g/mol. The third-order valence-corrected chi connectivity index (χ3v) is 1.52. The van der Waals surface area contributed by atoms with Crippen molar-refractivity contribution in [2.75, 3.05) is 26.4 Å². The van der Waals surface area contributed by atoms with Gasteiger partial charge in [0.15, 0.2) is 0 Å². The molecule has 0 fully saturated rings. The highest BCUT2D eigenvalue weighted by Crippen LogP contribution is 1.98. The maximum atomic E-state index is 10.2. The van der Waals surface area contributed by atoms with Crippen molar-refractivity contribution in [3.05, 3.63) is 9.81 Å². The summed E-state index contributed by atoms with van der Waals surface area (Å²) in [4.78, 5) is 28.7. The molecule has 4 N–H and O–H groups in total. The van der Waals surface area contributed by atoms with Gasteiger partial charge in [0.2, 0.25) is 0 Å². The van der Waals surface area contributed by atoms with Crippen molar-refractivity contribution in [3.63, 3.8) is 0 Å². The van der Waals surface area contributed by atoms with Gasteiger partial charge in [0.25, 0.3) is 0 Å². The van der Waals surface area contributed by atoms with Crippen LogP contribution < -0.4 is 11.8 Å². The number of nitroso groups, excluding NO2 is 2. The van der Waals surface area contributed by atoms with Gasteiger partial charge < -0.3 is 14.4 Å². The van der Waals surface area contributed by atoms with Gasteiger partial charge in [-0.15, -0.1) is 0 Å². The molecule has 15 heavy (non-hydrogen) atoms. The maximum Gasteiger partial charge on any atom is 0.140 e. The van der Waals surface area contributed by atoms with Crippen LogP contribution in [0.4, 0.5) is 0 Å². The zero-order chi connectivity index (χ0) is 11.5. The highest BCUT2D eigenvalue weighted by atomic mass is 16.6. The van der Waals surface area contributed by atoms with Crippen molar-refractivity contribution in [1.82, 2.24) is 0 Å². The molecule has 2 unspecified atom stereocenters. The fourth-order valence-corrected chi connectivity index (χ4v) is 0.811. The second-order valence-electron chi connectivity index (χ2n) is 2.69. The van der Waals surface area contributed by atoms with Crippen LogP contribution in [0.3, 0.4) is 0 Å². The largest absolute Gasteiger partial charge is 0.371 e. The molecular weight excluding hydrogens is 208 g/mol. The number of nitrogens with two attached hydrogens (primary N) is 2. The zero-order valence-corrected chi connectivity index (χ0v) is 8.07. The summed E-state index contributed by atoms with van der Waals surface area (Å²) in [5.74, 6) is 9.56. The SMILES string of the molecule is NOCC(COC(CN=O)CON)N=O. The summed E-state index contributed by atoms with van der Waals surface area (Å²) < 4.78 is 5.10. The Balaban J connectivity index is 3.83. The van der Waals surface area contributed by atoms with Gasteiger partial charge in [-0.2, -0.15) is 9.81 Å². The summed E-state index contributed by atoms with van der Waals surface area (Å²) in [6, 6.07) is -0.734. The predicted molar refractivity (Wildman–Crippen MR) is 50.3 cm³/mol. The number of hydrogen-bond acceptors (Lipinski definition) is 9. The lowest BCUT2D eigenvalue weighted by Crippen LogP contribution is -2.30. The lowest BCUT2D eigenvalue weighted by atomic mass is 10.3. The topological polar surface area (TPSA) is 139 Å². The molecule has 0 saturated carbocycles. The summed E-state index contributed by atoms with van der Waals surface area (Å²) >= 11 is 0. The van der Waals surface area contributed by atoms with E-state index < -0.39 is 12.1 Å². The van der Waals surface area contributed by atoms with Gasteiger partial charge in [0, 0.05) is 0 Å². The standard InChI is InChI=1S/C6H14N4O5/c7-14-3-5(10-12)2-13-6(1-9-11)4-15-8/h5-6H,1-4,7-8H2. The van der Waals surface area contributed by atoms with Crippen molar-refractivity contribution in [2.24, 2.45) is 22.1 Å². The van der Waals surface area contributed by atoms with E-state index in [2.05, 4.69) is 20.0 Å². The van der Waals surface area contributed by atoms with E-state index in [4.69, 9.17) is 16.5 Å². The molecule has 0 saturated heterocycles. The summed E-state index contributed by atoms with van der Waals surface area (Å²) in [5, 5.41) is 5.34. The first-order valence-electron chi connectivity index (χ1n) is 4.15. The smallest absolute Gasteiger partial charge is 0.140 e. The summed E-state index contributed by atoms with van der Waals surface area (Å²) in [5.41, 5.74) is 0. The number of nitrogens with zero attached hydrogens (tertiary/aromatic N) is 2. The van der Waals surface area contributed by atoms with Crippen LogP contribution in [-0.4, -0.2) is 38.5 Å². The average molecular weight is 222 g/mol. The fraction of sp³-hybridized carbons (Fsp3) is 1.00. The quantitative estimate of drug-likeness (QED) is 0.359. The minimum absolute atomic E-state index is 0.000793. The average Bonchev–Trinajstić information content (AvgIpc) is 2.24. The summed E-state index contributed by atoms with van der Waals surface area (Å²) in [6.45, 7) is -0.217. The van der Waals surface area contributed by atoms with Crippen molar-refractivity contribution in [1.29, 1.82) is 0 Å². The van der Waals surface area contributed by atoms with Crippen LogP contribution in [0.5, 0.6) is 0 Å². The minimum atomic E-state index is -0.734. The van der Waals surface area contributed by atoms with Gasteiger partial charge in [0.1, 0.15) is 18.7 Å². The Kier molecular flexibility index (Phi) is 8.91. The van der Waals surface area contributed by atoms with Gasteiger partial charge in [-0.1, -0.05) is 10.4 Å². The lowest BCUT2D eigenvalue weighted by molar-refractivity contribution is -0.0249. The Labute approximate surface area is 85.9 Å². The molecular formula is C6H14N4O5. The Morgan fingerprint density at radius 1 is 1.07 bits per heavy atom. The van der Waals surface area contributed by atoms with Crippen molar-refractivity contribution >= 4 is 0 Å². The zero-order valence-electron chi connectivity index (χ0n) is 8.07. The minimum Gasteiger partial charge on any atom is -0.371 e. The van der Waals surface area contributed by atoms with Crippen LogP contribution >= 0.6 is 0 Å². The Hall–Kier alpha value is -1.00. The van der Waals surface area contributed by atoms with Gasteiger partial charge in [-0.3, -0.25) is 0 Å². The molecule has 0 aliphatic rings. The molecule has 0 spiro atoms. The second kappa shape index (κ2) is 9.55. The molecule has 0 amide bonds. The van der Waals surface area contributed by atoms with E-state index in [0.717, 1.165) is 0 Å². The fourth-order valence-electron chi connectivity index (χ4n) is 0.811. The van der Waals surface area contributed by atoms with Gasteiger partial charge in [0.05, 0.1) is 19.8 Å². The van der Waals surface area contributed by atoms with Gasteiger partial charge >= 0.3 is 0 Å². The van der Waals surface area contributed by atoms with Crippen molar-refractivity contribution < 1.29 is 14.4 Å². The molecule has 88 valence electrons. The van der Waals surface area contributed by atoms with Gasteiger partial charge in [-0.05, 0) is 0 Å². The van der Waals surface area contributed by atoms with E-state index in [1.54, 1.807) is 0 Å². The first-order valence-corrected chi connectivity index (χ1v) is 4.15. The molecule has 0 aromatic rings. The molecule has 2 atom stereocenters. The van der Waals surface area contributed by atoms with Crippen LogP contribution in [0.2, 0.25) is 0 Å². The van der Waals surface area contributed by atoms with Crippen LogP contribution in [0.15, 0.2) is 10.4 Å². The molecule has 0 aromatic heterocycles. The van der Waals surface area contributed by atoms with E-state index in [-0.39, 0.29) is 26.4 Å². The van der Waals surface area contributed by atoms with Crippen molar-refractivity contribution in [3.8, 4) is 0 Å². The Bertz CT molecular complexity index is 181. The van der Waals surface area contributed by atoms with Crippen LogP contribution in [0, 0.1) is 9.81 Å². The molecule has 0 radical (unpaired) electrons. The predicted octanol–water partition coefficient (Wildman–Crippen LogP) is -0.946. The Morgan fingerprint density at radius 2 is 1.73 bits per heavy atom. The third kappa shape index (κ3) is 6.99. The molecule has 0 aliphatic heterocycles. The lowest BCUT2D eigenvalue weighted by Gasteiger charge is -2.15. The van der Waals surface area contributed by atoms with E-state index in [9.17, 15) is 9.81 Å². The summed E-state index contributed by atoms with van der Waals surface area (Å²) in [6.07, 6.45) is -0.602. The van der Waals surface area contributed by atoms with Gasteiger partial charge in [-0.25, -0.2) is 11.8 Å². The molecule has 9 heteroatoms. The normalized spacial score (nSPS) is 14.5. The first-order chi connectivity index (χ1) is 7.28. The molecule has 0 bridgehead atoms. The first kappa shape index (κ1) is 14.0. The number of hydrogen-bond donors (Lipinski definition) is 2. The van der Waals surface area contributed by atoms with E-state index in [1.807, 2.05) is 0 Å². The second-order valence-corrected chi connectivity index (χ2v) is 2.69. The maximum absolute atomic E-state index is 10.2.